The molecule has 2 aliphatic rings. The summed E-state index contributed by atoms with van der Waals surface area (Å²) < 4.78 is 0. The first-order valence-electron chi connectivity index (χ1n) is 7.94. The minimum atomic E-state index is 0.463. The lowest BCUT2D eigenvalue weighted by molar-refractivity contribution is 0.167. The van der Waals surface area contributed by atoms with Crippen LogP contribution in [0.25, 0.3) is 0 Å². The highest BCUT2D eigenvalue weighted by molar-refractivity contribution is 4.89. The Labute approximate surface area is 114 Å². The Morgan fingerprint density at radius 2 is 2.00 bits per heavy atom. The predicted octanol–water partition coefficient (Wildman–Crippen LogP) is 3.13. The third kappa shape index (κ3) is 4.55. The van der Waals surface area contributed by atoms with Gasteiger partial charge in [0.25, 0.3) is 0 Å². The van der Waals surface area contributed by atoms with Crippen molar-refractivity contribution in [3.8, 4) is 0 Å². The van der Waals surface area contributed by atoms with Gasteiger partial charge in [0.05, 0.1) is 0 Å². The van der Waals surface area contributed by atoms with Crippen molar-refractivity contribution >= 4 is 0 Å². The molecule has 3 unspecified atom stereocenters. The van der Waals surface area contributed by atoms with E-state index in [0.717, 1.165) is 17.9 Å². The van der Waals surface area contributed by atoms with E-state index in [-0.39, 0.29) is 0 Å². The minimum Gasteiger partial charge on any atom is -0.313 e. The smallest absolute Gasteiger partial charge is 0.00684 e. The molecule has 0 aromatic carbocycles. The molecule has 2 rings (SSSR count). The zero-order chi connectivity index (χ0) is 13.2. The fourth-order valence-corrected chi connectivity index (χ4v) is 3.28. The van der Waals surface area contributed by atoms with E-state index < -0.39 is 0 Å². The van der Waals surface area contributed by atoms with Crippen molar-refractivity contribution in [3.05, 3.63) is 0 Å². The fraction of sp³-hybridized carbons (Fsp3) is 1.00. The molecule has 0 saturated heterocycles. The first-order chi connectivity index (χ1) is 8.52. The standard InChI is InChI=1S/C16H32N2/c1-5-8-16(3,11-17-15-6-7-15)12-18(4)10-14-9-13(14)2/h13-15,17H,5-12H2,1-4H3. The van der Waals surface area contributed by atoms with Gasteiger partial charge in [0.15, 0.2) is 0 Å². The molecule has 0 aliphatic heterocycles. The van der Waals surface area contributed by atoms with Gasteiger partial charge in [0.2, 0.25) is 0 Å². The second-order valence-corrected chi connectivity index (χ2v) is 7.39. The number of hydrogen-bond acceptors (Lipinski definition) is 2. The molecule has 18 heavy (non-hydrogen) atoms. The molecular formula is C16H32N2. The van der Waals surface area contributed by atoms with Crippen LogP contribution in [-0.2, 0) is 0 Å². The van der Waals surface area contributed by atoms with Crippen molar-refractivity contribution in [2.75, 3.05) is 26.7 Å². The Morgan fingerprint density at radius 3 is 2.50 bits per heavy atom. The molecule has 2 fully saturated rings. The maximum absolute atomic E-state index is 3.74. The third-order valence-electron chi connectivity index (χ3n) is 4.72. The van der Waals surface area contributed by atoms with Crippen molar-refractivity contribution in [2.45, 2.75) is 58.9 Å². The maximum atomic E-state index is 3.74. The largest absolute Gasteiger partial charge is 0.313 e. The van der Waals surface area contributed by atoms with Crippen molar-refractivity contribution in [3.63, 3.8) is 0 Å². The summed E-state index contributed by atoms with van der Waals surface area (Å²) in [5.41, 5.74) is 0.463. The molecule has 0 amide bonds. The molecule has 1 N–H and O–H groups in total. The van der Waals surface area contributed by atoms with Gasteiger partial charge in [-0.05, 0) is 50.0 Å². The van der Waals surface area contributed by atoms with Gasteiger partial charge in [-0.25, -0.2) is 0 Å². The van der Waals surface area contributed by atoms with E-state index in [1.165, 1.54) is 51.7 Å². The summed E-state index contributed by atoms with van der Waals surface area (Å²) in [6.45, 7) is 10.9. The van der Waals surface area contributed by atoms with E-state index >= 15 is 0 Å². The molecular weight excluding hydrogens is 220 g/mol. The number of nitrogens with zero attached hydrogens (tertiary/aromatic N) is 1. The first kappa shape index (κ1) is 14.3. The van der Waals surface area contributed by atoms with Crippen LogP contribution in [-0.4, -0.2) is 37.6 Å². The summed E-state index contributed by atoms with van der Waals surface area (Å²) in [4.78, 5) is 2.58. The lowest BCUT2D eigenvalue weighted by Gasteiger charge is -2.34. The monoisotopic (exact) mass is 252 g/mol. The fourth-order valence-electron chi connectivity index (χ4n) is 3.28. The summed E-state index contributed by atoms with van der Waals surface area (Å²) >= 11 is 0. The van der Waals surface area contributed by atoms with Crippen LogP contribution in [0.2, 0.25) is 0 Å². The van der Waals surface area contributed by atoms with Crippen LogP contribution < -0.4 is 5.32 Å². The Balaban J connectivity index is 1.74. The van der Waals surface area contributed by atoms with E-state index in [1.54, 1.807) is 0 Å². The van der Waals surface area contributed by atoms with Gasteiger partial charge < -0.3 is 10.2 Å². The summed E-state index contributed by atoms with van der Waals surface area (Å²) in [5, 5.41) is 3.74. The number of rotatable bonds is 9. The van der Waals surface area contributed by atoms with Crippen molar-refractivity contribution in [2.24, 2.45) is 17.3 Å². The van der Waals surface area contributed by atoms with Gasteiger partial charge in [-0.15, -0.1) is 0 Å². The summed E-state index contributed by atoms with van der Waals surface area (Å²) in [6, 6.07) is 0.843. The lowest BCUT2D eigenvalue weighted by atomic mass is 9.84. The zero-order valence-corrected chi connectivity index (χ0v) is 12.8. The summed E-state index contributed by atoms with van der Waals surface area (Å²) in [6.07, 6.45) is 6.90. The van der Waals surface area contributed by atoms with E-state index in [1.807, 2.05) is 0 Å². The van der Waals surface area contributed by atoms with Gasteiger partial charge in [0, 0.05) is 25.7 Å². The highest BCUT2D eigenvalue weighted by Crippen LogP contribution is 2.38. The molecule has 0 radical (unpaired) electrons. The maximum Gasteiger partial charge on any atom is 0.00684 e. The van der Waals surface area contributed by atoms with E-state index in [2.05, 4.69) is 38.0 Å². The molecule has 0 aromatic heterocycles. The second-order valence-electron chi connectivity index (χ2n) is 7.39. The van der Waals surface area contributed by atoms with Crippen molar-refractivity contribution < 1.29 is 0 Å². The van der Waals surface area contributed by atoms with Crippen LogP contribution in [0.15, 0.2) is 0 Å². The average molecular weight is 252 g/mol. The molecule has 0 heterocycles. The van der Waals surface area contributed by atoms with Crippen LogP contribution in [0, 0.1) is 17.3 Å². The van der Waals surface area contributed by atoms with E-state index in [4.69, 9.17) is 0 Å². The highest BCUT2D eigenvalue weighted by Gasteiger charge is 2.35. The molecule has 106 valence electrons. The zero-order valence-electron chi connectivity index (χ0n) is 12.8. The topological polar surface area (TPSA) is 15.3 Å². The molecule has 0 aromatic rings. The average Bonchev–Trinajstić information content (AvgIpc) is 3.16. The van der Waals surface area contributed by atoms with Crippen LogP contribution >= 0.6 is 0 Å². The molecule has 3 atom stereocenters. The van der Waals surface area contributed by atoms with E-state index in [0.29, 0.717) is 5.41 Å². The van der Waals surface area contributed by atoms with Gasteiger partial charge in [-0.2, -0.15) is 0 Å². The van der Waals surface area contributed by atoms with E-state index in [9.17, 15) is 0 Å². The van der Waals surface area contributed by atoms with Gasteiger partial charge in [-0.3, -0.25) is 0 Å². The van der Waals surface area contributed by atoms with Crippen molar-refractivity contribution in [1.29, 1.82) is 0 Å². The van der Waals surface area contributed by atoms with Gasteiger partial charge >= 0.3 is 0 Å². The molecule has 0 spiro atoms. The third-order valence-corrected chi connectivity index (χ3v) is 4.72. The number of nitrogens with one attached hydrogen (secondary N) is 1. The first-order valence-corrected chi connectivity index (χ1v) is 7.94. The molecule has 2 saturated carbocycles. The Kier molecular flexibility index (Phi) is 4.71. The normalized spacial score (nSPS) is 30.5. The summed E-state index contributed by atoms with van der Waals surface area (Å²) in [5.74, 6) is 1.96. The van der Waals surface area contributed by atoms with Gasteiger partial charge in [-0.1, -0.05) is 27.2 Å². The minimum absolute atomic E-state index is 0.463. The van der Waals surface area contributed by atoms with Crippen LogP contribution in [0.5, 0.6) is 0 Å². The molecule has 2 heteroatoms. The van der Waals surface area contributed by atoms with Crippen LogP contribution in [0.4, 0.5) is 0 Å². The van der Waals surface area contributed by atoms with Crippen LogP contribution in [0.3, 0.4) is 0 Å². The number of hydrogen-bond donors (Lipinski definition) is 1. The SMILES string of the molecule is CCCC(C)(CNC1CC1)CN(C)CC1CC1C. The Hall–Kier alpha value is -0.0800. The second kappa shape index (κ2) is 5.92. The molecule has 0 bridgehead atoms. The highest BCUT2D eigenvalue weighted by atomic mass is 15.1. The molecule has 2 aliphatic carbocycles. The van der Waals surface area contributed by atoms with Crippen molar-refractivity contribution in [1.82, 2.24) is 10.2 Å². The predicted molar refractivity (Wildman–Crippen MR) is 78.8 cm³/mol. The molecule has 2 nitrogen and oxygen atoms in total. The Morgan fingerprint density at radius 1 is 1.33 bits per heavy atom. The quantitative estimate of drug-likeness (QED) is 0.678. The lowest BCUT2D eigenvalue weighted by Crippen LogP contribution is -2.42. The van der Waals surface area contributed by atoms with Gasteiger partial charge in [0.1, 0.15) is 0 Å². The Bertz CT molecular complexity index is 262. The van der Waals surface area contributed by atoms with Crippen LogP contribution in [0.1, 0.15) is 52.9 Å². The summed E-state index contributed by atoms with van der Waals surface area (Å²) in [7, 11) is 2.32.